The maximum atomic E-state index is 11.9. The molecule has 120 valence electrons. The molecule has 2 N–H and O–H groups in total. The normalized spacial score (nSPS) is 18.1. The number of amides is 4. The summed E-state index contributed by atoms with van der Waals surface area (Å²) in [5.41, 5.74) is -0.411. The topological polar surface area (TPSA) is 89.9 Å². The summed E-state index contributed by atoms with van der Waals surface area (Å²) in [7, 11) is 1.58. The average molecular weight is 299 g/mol. The zero-order valence-corrected chi connectivity index (χ0v) is 13.0. The zero-order valence-electron chi connectivity index (χ0n) is 13.0. The van der Waals surface area contributed by atoms with E-state index in [4.69, 9.17) is 5.11 Å². The van der Waals surface area contributed by atoms with Crippen LogP contribution in [-0.2, 0) is 9.59 Å². The van der Waals surface area contributed by atoms with Crippen molar-refractivity contribution in [1.82, 2.24) is 15.1 Å². The van der Waals surface area contributed by atoms with Crippen LogP contribution < -0.4 is 5.32 Å². The Bertz CT molecular complexity index is 413. The Hall–Kier alpha value is -1.63. The summed E-state index contributed by atoms with van der Waals surface area (Å²) < 4.78 is 0. The molecule has 1 aliphatic heterocycles. The van der Waals surface area contributed by atoms with E-state index in [1.54, 1.807) is 7.05 Å². The van der Waals surface area contributed by atoms with Crippen LogP contribution in [0, 0.1) is 0 Å². The largest absolute Gasteiger partial charge is 0.396 e. The van der Waals surface area contributed by atoms with Crippen LogP contribution in [0.15, 0.2) is 0 Å². The molecule has 0 saturated carbocycles. The van der Waals surface area contributed by atoms with Crippen LogP contribution in [0.2, 0.25) is 0 Å². The van der Waals surface area contributed by atoms with Gasteiger partial charge in [0, 0.05) is 32.2 Å². The fourth-order valence-electron chi connectivity index (χ4n) is 2.26. The van der Waals surface area contributed by atoms with Crippen LogP contribution >= 0.6 is 0 Å². The monoisotopic (exact) mass is 299 g/mol. The van der Waals surface area contributed by atoms with Crippen molar-refractivity contribution in [3.05, 3.63) is 0 Å². The van der Waals surface area contributed by atoms with Gasteiger partial charge in [-0.1, -0.05) is 6.92 Å². The van der Waals surface area contributed by atoms with Crippen molar-refractivity contribution in [3.8, 4) is 0 Å². The Balaban J connectivity index is 2.37. The summed E-state index contributed by atoms with van der Waals surface area (Å²) in [5.74, 6) is -0.346. The molecule has 1 unspecified atom stereocenters. The second-order valence-corrected chi connectivity index (χ2v) is 5.72. The highest BCUT2D eigenvalue weighted by molar-refractivity contribution is 6.01. The first-order valence-electron chi connectivity index (χ1n) is 7.30. The Kier molecular flexibility index (Phi) is 6.14. The predicted octanol–water partition coefficient (Wildman–Crippen LogP) is 0.328. The van der Waals surface area contributed by atoms with Crippen LogP contribution in [0.3, 0.4) is 0 Å². The maximum Gasteiger partial charge on any atom is 0.326 e. The number of imide groups is 1. The first-order chi connectivity index (χ1) is 9.83. The van der Waals surface area contributed by atoms with Crippen molar-refractivity contribution in [2.24, 2.45) is 0 Å². The lowest BCUT2D eigenvalue weighted by Crippen LogP contribution is -2.46. The third-order valence-corrected chi connectivity index (χ3v) is 3.90. The van der Waals surface area contributed by atoms with E-state index < -0.39 is 5.54 Å². The Morgan fingerprint density at radius 1 is 1.43 bits per heavy atom. The molecule has 1 aliphatic rings. The van der Waals surface area contributed by atoms with Gasteiger partial charge in [0.25, 0.3) is 0 Å². The summed E-state index contributed by atoms with van der Waals surface area (Å²) in [4.78, 5) is 37.7. The number of rotatable bonds is 8. The molecule has 0 aromatic rings. The molecule has 1 heterocycles. The number of carbonyl (C=O) groups is 3. The number of urea groups is 1. The molecule has 7 nitrogen and oxygen atoms in total. The Morgan fingerprint density at radius 2 is 2.10 bits per heavy atom. The Morgan fingerprint density at radius 3 is 2.57 bits per heavy atom. The van der Waals surface area contributed by atoms with Gasteiger partial charge in [-0.2, -0.15) is 0 Å². The van der Waals surface area contributed by atoms with Gasteiger partial charge < -0.3 is 15.3 Å². The molecule has 1 atom stereocenters. The smallest absolute Gasteiger partial charge is 0.326 e. The molecule has 0 aromatic carbocycles. The number of carbonyl (C=O) groups excluding carboxylic acids is 3. The minimum absolute atomic E-state index is 0.0216. The summed E-state index contributed by atoms with van der Waals surface area (Å²) >= 11 is 0. The van der Waals surface area contributed by atoms with E-state index in [0.717, 1.165) is 6.42 Å². The van der Waals surface area contributed by atoms with Crippen LogP contribution in [0.25, 0.3) is 0 Å². The highest BCUT2D eigenvalue weighted by Gasteiger charge is 2.33. The standard InChI is InChI=1S/C14H25N3O4/c1-4-14(2,7-9-18)15-11(19)6-5-8-17-12(20)10-16(3)13(17)21/h18H,4-10H2,1-3H3,(H,15,19). The number of hydrogen-bond donors (Lipinski definition) is 2. The second-order valence-electron chi connectivity index (χ2n) is 5.72. The molecular formula is C14H25N3O4. The SMILES string of the molecule is CCC(C)(CCO)NC(=O)CCCN1C(=O)CN(C)C1=O. The van der Waals surface area contributed by atoms with Gasteiger partial charge in [0.15, 0.2) is 0 Å². The van der Waals surface area contributed by atoms with E-state index in [0.29, 0.717) is 12.8 Å². The minimum atomic E-state index is -0.411. The number of nitrogens with zero attached hydrogens (tertiary/aromatic N) is 2. The van der Waals surface area contributed by atoms with Gasteiger partial charge >= 0.3 is 6.03 Å². The molecule has 0 radical (unpaired) electrons. The third kappa shape index (κ3) is 4.70. The van der Waals surface area contributed by atoms with E-state index in [1.807, 2.05) is 13.8 Å². The zero-order chi connectivity index (χ0) is 16.0. The highest BCUT2D eigenvalue weighted by atomic mass is 16.3. The molecule has 1 rings (SSSR count). The number of aliphatic hydroxyl groups excluding tert-OH is 1. The summed E-state index contributed by atoms with van der Waals surface area (Å²) in [6.07, 6.45) is 1.92. The van der Waals surface area contributed by atoms with Crippen molar-refractivity contribution in [2.45, 2.75) is 45.1 Å². The number of nitrogens with one attached hydrogen (secondary N) is 1. The molecule has 21 heavy (non-hydrogen) atoms. The lowest BCUT2D eigenvalue weighted by atomic mass is 9.94. The van der Waals surface area contributed by atoms with Crippen molar-refractivity contribution < 1.29 is 19.5 Å². The molecule has 0 aliphatic carbocycles. The van der Waals surface area contributed by atoms with Gasteiger partial charge in [0.1, 0.15) is 6.54 Å². The van der Waals surface area contributed by atoms with Gasteiger partial charge in [-0.25, -0.2) is 4.79 Å². The molecule has 4 amide bonds. The Labute approximate surface area is 125 Å². The van der Waals surface area contributed by atoms with Crippen LogP contribution in [0.5, 0.6) is 0 Å². The molecule has 0 bridgehead atoms. The van der Waals surface area contributed by atoms with Gasteiger partial charge in [-0.3, -0.25) is 14.5 Å². The van der Waals surface area contributed by atoms with Crippen molar-refractivity contribution in [2.75, 3.05) is 26.7 Å². The van der Waals surface area contributed by atoms with Gasteiger partial charge in [0.2, 0.25) is 11.8 Å². The fraction of sp³-hybridized carbons (Fsp3) is 0.786. The summed E-state index contributed by atoms with van der Waals surface area (Å²) in [6.45, 7) is 4.23. The predicted molar refractivity (Wildman–Crippen MR) is 77.5 cm³/mol. The molecule has 1 saturated heterocycles. The molecular weight excluding hydrogens is 274 g/mol. The van der Waals surface area contributed by atoms with E-state index >= 15 is 0 Å². The van der Waals surface area contributed by atoms with Gasteiger partial charge in [0.05, 0.1) is 0 Å². The highest BCUT2D eigenvalue weighted by Crippen LogP contribution is 2.14. The number of hydrogen-bond acceptors (Lipinski definition) is 4. The molecule has 7 heteroatoms. The minimum Gasteiger partial charge on any atom is -0.396 e. The first kappa shape index (κ1) is 17.4. The van der Waals surface area contributed by atoms with Crippen LogP contribution in [0.4, 0.5) is 4.79 Å². The van der Waals surface area contributed by atoms with Gasteiger partial charge in [-0.05, 0) is 26.2 Å². The quantitative estimate of drug-likeness (QED) is 0.632. The van der Waals surface area contributed by atoms with Crippen LogP contribution in [-0.4, -0.2) is 65.0 Å². The van der Waals surface area contributed by atoms with Crippen molar-refractivity contribution >= 4 is 17.8 Å². The average Bonchev–Trinajstić information content (AvgIpc) is 2.65. The van der Waals surface area contributed by atoms with Crippen molar-refractivity contribution in [1.29, 1.82) is 0 Å². The number of aliphatic hydroxyl groups is 1. The van der Waals surface area contributed by atoms with E-state index in [2.05, 4.69) is 5.32 Å². The van der Waals surface area contributed by atoms with Gasteiger partial charge in [-0.15, -0.1) is 0 Å². The summed E-state index contributed by atoms with van der Waals surface area (Å²) in [5, 5.41) is 11.9. The lowest BCUT2D eigenvalue weighted by Gasteiger charge is -2.29. The molecule has 0 aromatic heterocycles. The van der Waals surface area contributed by atoms with E-state index in [1.165, 1.54) is 9.80 Å². The summed E-state index contributed by atoms with van der Waals surface area (Å²) in [6, 6.07) is -0.306. The molecule has 1 fully saturated rings. The lowest BCUT2D eigenvalue weighted by molar-refractivity contribution is -0.126. The van der Waals surface area contributed by atoms with E-state index in [9.17, 15) is 14.4 Å². The first-order valence-corrected chi connectivity index (χ1v) is 7.30. The number of likely N-dealkylation sites (N-methyl/N-ethyl adjacent to an activating group) is 1. The third-order valence-electron chi connectivity index (χ3n) is 3.90. The second kappa shape index (κ2) is 7.40. The van der Waals surface area contributed by atoms with E-state index in [-0.39, 0.29) is 44.0 Å². The van der Waals surface area contributed by atoms with Crippen LogP contribution in [0.1, 0.15) is 39.5 Å². The van der Waals surface area contributed by atoms with Crippen molar-refractivity contribution in [3.63, 3.8) is 0 Å². The fourth-order valence-corrected chi connectivity index (χ4v) is 2.26. The maximum absolute atomic E-state index is 11.9. The molecule has 0 spiro atoms.